The molecule has 3 aromatic rings. The largest absolute Gasteiger partial charge is 0.490 e. The lowest BCUT2D eigenvalue weighted by Gasteiger charge is -2.18. The Morgan fingerprint density at radius 3 is 2.73 bits per heavy atom. The van der Waals surface area contributed by atoms with Crippen LogP contribution in [0.2, 0.25) is 0 Å². The molecule has 4 rings (SSSR count). The number of nitrogens with zero attached hydrogens (tertiary/aromatic N) is 3. The third-order valence-corrected chi connectivity index (χ3v) is 4.54. The molecule has 0 aliphatic carbocycles. The van der Waals surface area contributed by atoms with Crippen molar-refractivity contribution < 1.29 is 14.2 Å². The predicted molar refractivity (Wildman–Crippen MR) is 97.9 cm³/mol. The van der Waals surface area contributed by atoms with Gasteiger partial charge in [-0.2, -0.15) is 0 Å². The second-order valence-corrected chi connectivity index (χ2v) is 6.18. The smallest absolute Gasteiger partial charge is 0.213 e. The number of ether oxygens (including phenoxy) is 3. The first-order chi connectivity index (χ1) is 12.8. The van der Waals surface area contributed by atoms with Crippen LogP contribution in [-0.2, 0) is 0 Å². The number of aromatic nitrogens is 3. The zero-order valence-corrected chi connectivity index (χ0v) is 14.9. The van der Waals surface area contributed by atoms with E-state index in [0.717, 1.165) is 34.9 Å². The van der Waals surface area contributed by atoms with Crippen LogP contribution in [0.25, 0.3) is 11.4 Å². The average Bonchev–Trinajstić information content (AvgIpc) is 3.06. The van der Waals surface area contributed by atoms with E-state index < -0.39 is 0 Å². The Kier molecular flexibility index (Phi) is 4.48. The molecule has 0 spiro atoms. The SMILES string of the molecule is COc1cc(-c2nccn2C(C)c2ccc3c(c2)OCCCO3)ccn1. The maximum atomic E-state index is 5.83. The van der Waals surface area contributed by atoms with Crippen LogP contribution in [-0.4, -0.2) is 34.9 Å². The Bertz CT molecular complexity index is 907. The molecule has 3 heterocycles. The Morgan fingerprint density at radius 2 is 1.88 bits per heavy atom. The molecule has 0 fully saturated rings. The van der Waals surface area contributed by atoms with Crippen molar-refractivity contribution in [1.82, 2.24) is 14.5 Å². The summed E-state index contributed by atoms with van der Waals surface area (Å²) < 4.78 is 18.9. The number of pyridine rings is 1. The summed E-state index contributed by atoms with van der Waals surface area (Å²) in [6.07, 6.45) is 6.41. The average molecular weight is 351 g/mol. The first-order valence-corrected chi connectivity index (χ1v) is 8.69. The number of hydrogen-bond donors (Lipinski definition) is 0. The van der Waals surface area contributed by atoms with E-state index in [1.54, 1.807) is 13.3 Å². The molecule has 1 aliphatic heterocycles. The van der Waals surface area contributed by atoms with Gasteiger partial charge in [-0.05, 0) is 30.7 Å². The molecule has 0 saturated carbocycles. The van der Waals surface area contributed by atoms with E-state index in [1.807, 2.05) is 30.6 Å². The fourth-order valence-electron chi connectivity index (χ4n) is 3.11. The van der Waals surface area contributed by atoms with Gasteiger partial charge in [0.05, 0.1) is 26.4 Å². The van der Waals surface area contributed by atoms with Gasteiger partial charge < -0.3 is 18.8 Å². The molecule has 1 aliphatic rings. The fraction of sp³-hybridized carbons (Fsp3) is 0.300. The highest BCUT2D eigenvalue weighted by molar-refractivity contribution is 5.57. The summed E-state index contributed by atoms with van der Waals surface area (Å²) in [5.74, 6) is 3.05. The number of imidazole rings is 1. The molecule has 6 nitrogen and oxygen atoms in total. The molecule has 0 saturated heterocycles. The molecule has 0 amide bonds. The van der Waals surface area contributed by atoms with Gasteiger partial charge in [0.2, 0.25) is 5.88 Å². The molecular formula is C20H21N3O3. The van der Waals surface area contributed by atoms with Gasteiger partial charge in [-0.25, -0.2) is 9.97 Å². The van der Waals surface area contributed by atoms with E-state index in [0.29, 0.717) is 19.1 Å². The van der Waals surface area contributed by atoms with Gasteiger partial charge in [0.25, 0.3) is 0 Å². The summed E-state index contributed by atoms with van der Waals surface area (Å²) in [7, 11) is 1.61. The highest BCUT2D eigenvalue weighted by Gasteiger charge is 2.17. The first kappa shape index (κ1) is 16.4. The van der Waals surface area contributed by atoms with E-state index in [-0.39, 0.29) is 6.04 Å². The number of rotatable bonds is 4. The van der Waals surface area contributed by atoms with Crippen LogP contribution in [0.4, 0.5) is 0 Å². The second kappa shape index (κ2) is 7.07. The highest BCUT2D eigenvalue weighted by atomic mass is 16.5. The van der Waals surface area contributed by atoms with Crippen LogP contribution < -0.4 is 14.2 Å². The summed E-state index contributed by atoms with van der Waals surface area (Å²) in [6, 6.07) is 10.0. The van der Waals surface area contributed by atoms with Gasteiger partial charge in [-0.1, -0.05) is 6.07 Å². The van der Waals surface area contributed by atoms with Crippen molar-refractivity contribution in [1.29, 1.82) is 0 Å². The maximum absolute atomic E-state index is 5.83. The molecule has 134 valence electrons. The number of hydrogen-bond acceptors (Lipinski definition) is 5. The van der Waals surface area contributed by atoms with Crippen molar-refractivity contribution >= 4 is 0 Å². The Labute approximate surface area is 152 Å². The Balaban J connectivity index is 1.68. The lowest BCUT2D eigenvalue weighted by molar-refractivity contribution is 0.297. The number of methoxy groups -OCH3 is 1. The van der Waals surface area contributed by atoms with Crippen molar-refractivity contribution in [3.8, 4) is 28.8 Å². The zero-order chi connectivity index (χ0) is 17.9. The van der Waals surface area contributed by atoms with Crippen molar-refractivity contribution in [3.63, 3.8) is 0 Å². The minimum atomic E-state index is 0.0869. The van der Waals surface area contributed by atoms with Gasteiger partial charge in [0.15, 0.2) is 11.5 Å². The first-order valence-electron chi connectivity index (χ1n) is 8.69. The van der Waals surface area contributed by atoms with Gasteiger partial charge in [0.1, 0.15) is 5.82 Å². The van der Waals surface area contributed by atoms with Crippen LogP contribution in [0.1, 0.15) is 24.9 Å². The minimum absolute atomic E-state index is 0.0869. The van der Waals surface area contributed by atoms with Gasteiger partial charge >= 0.3 is 0 Å². The third-order valence-electron chi connectivity index (χ3n) is 4.54. The van der Waals surface area contributed by atoms with E-state index in [4.69, 9.17) is 14.2 Å². The third kappa shape index (κ3) is 3.10. The van der Waals surface area contributed by atoms with Crippen LogP contribution in [0.5, 0.6) is 17.4 Å². The topological polar surface area (TPSA) is 58.4 Å². The van der Waals surface area contributed by atoms with Crippen molar-refractivity contribution in [2.24, 2.45) is 0 Å². The normalized spacial score (nSPS) is 14.5. The quantitative estimate of drug-likeness (QED) is 0.717. The monoisotopic (exact) mass is 351 g/mol. The van der Waals surface area contributed by atoms with Crippen molar-refractivity contribution in [3.05, 3.63) is 54.5 Å². The number of fused-ring (bicyclic) bond motifs is 1. The standard InChI is InChI=1S/C20H21N3O3/c1-14(15-4-5-17-18(12-15)26-11-3-10-25-17)23-9-8-22-20(23)16-6-7-21-19(13-16)24-2/h4-9,12-14H,3,10-11H2,1-2H3. The molecule has 0 N–H and O–H groups in total. The lowest BCUT2D eigenvalue weighted by Crippen LogP contribution is -2.08. The molecule has 1 aromatic carbocycles. The molecule has 1 unspecified atom stereocenters. The molecule has 0 bridgehead atoms. The van der Waals surface area contributed by atoms with Crippen LogP contribution >= 0.6 is 0 Å². The van der Waals surface area contributed by atoms with Gasteiger partial charge in [0, 0.05) is 36.6 Å². The summed E-state index contributed by atoms with van der Waals surface area (Å²) in [5, 5.41) is 0. The maximum Gasteiger partial charge on any atom is 0.213 e. The lowest BCUT2D eigenvalue weighted by atomic mass is 10.1. The second-order valence-electron chi connectivity index (χ2n) is 6.18. The minimum Gasteiger partial charge on any atom is -0.490 e. The zero-order valence-electron chi connectivity index (χ0n) is 14.9. The van der Waals surface area contributed by atoms with E-state index in [9.17, 15) is 0 Å². The molecule has 6 heteroatoms. The van der Waals surface area contributed by atoms with E-state index in [2.05, 4.69) is 33.6 Å². The number of benzene rings is 1. The van der Waals surface area contributed by atoms with Crippen LogP contribution in [0.3, 0.4) is 0 Å². The predicted octanol–water partition coefficient (Wildman–Crippen LogP) is 3.72. The van der Waals surface area contributed by atoms with E-state index in [1.165, 1.54) is 0 Å². The van der Waals surface area contributed by atoms with Crippen molar-refractivity contribution in [2.75, 3.05) is 20.3 Å². The van der Waals surface area contributed by atoms with Crippen molar-refractivity contribution in [2.45, 2.75) is 19.4 Å². The summed E-state index contributed by atoms with van der Waals surface area (Å²) in [6.45, 7) is 3.51. The van der Waals surface area contributed by atoms with Gasteiger partial charge in [-0.15, -0.1) is 0 Å². The molecule has 2 aromatic heterocycles. The highest BCUT2D eigenvalue weighted by Crippen LogP contribution is 2.34. The Hall–Kier alpha value is -3.02. The van der Waals surface area contributed by atoms with Crippen LogP contribution in [0, 0.1) is 0 Å². The molecule has 1 atom stereocenters. The van der Waals surface area contributed by atoms with Crippen LogP contribution in [0.15, 0.2) is 48.9 Å². The molecular weight excluding hydrogens is 330 g/mol. The summed E-state index contributed by atoms with van der Waals surface area (Å²) in [4.78, 5) is 8.70. The molecule has 0 radical (unpaired) electrons. The fourth-order valence-corrected chi connectivity index (χ4v) is 3.11. The van der Waals surface area contributed by atoms with Gasteiger partial charge in [-0.3, -0.25) is 0 Å². The summed E-state index contributed by atoms with van der Waals surface area (Å²) >= 11 is 0. The Morgan fingerprint density at radius 1 is 1.04 bits per heavy atom. The van der Waals surface area contributed by atoms with E-state index >= 15 is 0 Å². The molecule has 26 heavy (non-hydrogen) atoms. The summed E-state index contributed by atoms with van der Waals surface area (Å²) in [5.41, 5.74) is 2.09.